The Morgan fingerprint density at radius 1 is 1.35 bits per heavy atom. The quantitative estimate of drug-likeness (QED) is 0.778. The lowest BCUT2D eigenvalue weighted by Gasteiger charge is -2.32. The fourth-order valence-electron chi connectivity index (χ4n) is 3.52. The molecule has 1 aromatic carbocycles. The first-order valence-electron chi connectivity index (χ1n) is 9.42. The Bertz CT molecular complexity index is 587. The number of hydrogen-bond acceptors (Lipinski definition) is 2. The second-order valence-corrected chi connectivity index (χ2v) is 7.52. The number of likely N-dealkylation sites (tertiary alicyclic amines) is 1. The Labute approximate surface area is 154 Å². The summed E-state index contributed by atoms with van der Waals surface area (Å²) in [5.74, 6) is 0.553. The maximum atomic E-state index is 12.8. The SMILES string of the molecule is CC(C)NC(=O)CCN1CCC[C@@H](CCc2cccc(C(F)(F)F)c2)C1. The Balaban J connectivity index is 1.79. The van der Waals surface area contributed by atoms with Gasteiger partial charge in [-0.3, -0.25) is 4.79 Å². The molecule has 0 spiro atoms. The largest absolute Gasteiger partial charge is 0.416 e. The summed E-state index contributed by atoms with van der Waals surface area (Å²) >= 11 is 0. The first kappa shape index (κ1) is 20.7. The number of benzene rings is 1. The lowest BCUT2D eigenvalue weighted by atomic mass is 9.91. The minimum Gasteiger partial charge on any atom is -0.354 e. The van der Waals surface area contributed by atoms with Gasteiger partial charge in [0.25, 0.3) is 0 Å². The van der Waals surface area contributed by atoms with Gasteiger partial charge in [-0.15, -0.1) is 0 Å². The molecule has 3 nitrogen and oxygen atoms in total. The Kier molecular flexibility index (Phi) is 7.50. The number of aryl methyl sites for hydroxylation is 1. The number of amides is 1. The van der Waals surface area contributed by atoms with Gasteiger partial charge in [0.1, 0.15) is 0 Å². The summed E-state index contributed by atoms with van der Waals surface area (Å²) in [6.45, 7) is 6.56. The molecule has 0 radical (unpaired) electrons. The van der Waals surface area contributed by atoms with Crippen LogP contribution in [0, 0.1) is 5.92 Å². The summed E-state index contributed by atoms with van der Waals surface area (Å²) < 4.78 is 38.4. The van der Waals surface area contributed by atoms with Gasteiger partial charge in [-0.1, -0.05) is 18.2 Å². The van der Waals surface area contributed by atoms with Crippen LogP contribution in [0.5, 0.6) is 0 Å². The monoisotopic (exact) mass is 370 g/mol. The van der Waals surface area contributed by atoms with Crippen molar-refractivity contribution in [2.75, 3.05) is 19.6 Å². The minimum atomic E-state index is -4.28. The normalized spacial score (nSPS) is 18.9. The topological polar surface area (TPSA) is 32.3 Å². The number of nitrogens with zero attached hydrogens (tertiary/aromatic N) is 1. The van der Waals surface area contributed by atoms with Crippen molar-refractivity contribution in [3.63, 3.8) is 0 Å². The molecule has 1 aromatic rings. The highest BCUT2D eigenvalue weighted by atomic mass is 19.4. The fourth-order valence-corrected chi connectivity index (χ4v) is 3.52. The lowest BCUT2D eigenvalue weighted by Crippen LogP contribution is -2.39. The molecule has 1 saturated heterocycles. The number of halogens is 3. The smallest absolute Gasteiger partial charge is 0.354 e. The van der Waals surface area contributed by atoms with Crippen molar-refractivity contribution in [3.05, 3.63) is 35.4 Å². The first-order chi connectivity index (χ1) is 12.2. The molecule has 2 rings (SSSR count). The molecule has 0 saturated carbocycles. The molecule has 146 valence electrons. The summed E-state index contributed by atoms with van der Waals surface area (Å²) in [5.41, 5.74) is 0.171. The number of alkyl halides is 3. The molecular weight excluding hydrogens is 341 g/mol. The highest BCUT2D eigenvalue weighted by Crippen LogP contribution is 2.30. The highest BCUT2D eigenvalue weighted by Gasteiger charge is 2.30. The molecule has 1 aliphatic heterocycles. The van der Waals surface area contributed by atoms with Crippen molar-refractivity contribution in [2.24, 2.45) is 5.92 Å². The molecule has 1 amide bonds. The van der Waals surface area contributed by atoms with E-state index in [0.29, 0.717) is 18.8 Å². The van der Waals surface area contributed by atoms with Crippen molar-refractivity contribution in [3.8, 4) is 0 Å². The number of rotatable bonds is 7. The molecule has 0 bridgehead atoms. The van der Waals surface area contributed by atoms with E-state index in [-0.39, 0.29) is 11.9 Å². The van der Waals surface area contributed by atoms with Gasteiger partial charge < -0.3 is 10.2 Å². The molecular formula is C20H29F3N2O. The second kappa shape index (κ2) is 9.40. The van der Waals surface area contributed by atoms with Crippen molar-refractivity contribution in [1.29, 1.82) is 0 Å². The molecule has 26 heavy (non-hydrogen) atoms. The second-order valence-electron chi connectivity index (χ2n) is 7.52. The Morgan fingerprint density at radius 2 is 2.12 bits per heavy atom. The predicted octanol–water partition coefficient (Wildman–Crippen LogP) is 4.26. The average Bonchev–Trinajstić information content (AvgIpc) is 2.57. The van der Waals surface area contributed by atoms with E-state index in [1.165, 1.54) is 12.1 Å². The van der Waals surface area contributed by atoms with E-state index in [1.54, 1.807) is 6.07 Å². The van der Waals surface area contributed by atoms with E-state index in [0.717, 1.165) is 50.5 Å². The molecule has 6 heteroatoms. The molecule has 1 aliphatic rings. The molecule has 1 N–H and O–H groups in total. The van der Waals surface area contributed by atoms with Gasteiger partial charge in [-0.25, -0.2) is 0 Å². The van der Waals surface area contributed by atoms with E-state index in [1.807, 2.05) is 13.8 Å². The van der Waals surface area contributed by atoms with Crippen LogP contribution in [-0.4, -0.2) is 36.5 Å². The zero-order valence-electron chi connectivity index (χ0n) is 15.6. The third-order valence-electron chi connectivity index (χ3n) is 4.80. The number of nitrogens with one attached hydrogen (secondary N) is 1. The van der Waals surface area contributed by atoms with Crippen molar-refractivity contribution >= 4 is 5.91 Å². The molecule has 0 unspecified atom stereocenters. The van der Waals surface area contributed by atoms with Crippen LogP contribution in [0.15, 0.2) is 24.3 Å². The molecule has 1 atom stereocenters. The van der Waals surface area contributed by atoms with Crippen LogP contribution < -0.4 is 5.32 Å². The van der Waals surface area contributed by atoms with E-state index < -0.39 is 11.7 Å². The third-order valence-corrected chi connectivity index (χ3v) is 4.80. The van der Waals surface area contributed by atoms with Crippen LogP contribution in [-0.2, 0) is 17.4 Å². The molecule has 0 aliphatic carbocycles. The third kappa shape index (κ3) is 6.98. The lowest BCUT2D eigenvalue weighted by molar-refractivity contribution is -0.137. The standard InChI is InChI=1S/C20H29F3N2O/c1-15(2)24-19(26)10-12-25-11-4-6-17(14-25)9-8-16-5-3-7-18(13-16)20(21,22)23/h3,5,7,13,15,17H,4,6,8-12,14H2,1-2H3,(H,24,26)/t17-/m0/s1. The maximum absolute atomic E-state index is 12.8. The van der Waals surface area contributed by atoms with Gasteiger partial charge in [0.2, 0.25) is 5.91 Å². The van der Waals surface area contributed by atoms with Gasteiger partial charge >= 0.3 is 6.18 Å². The van der Waals surface area contributed by atoms with Gasteiger partial charge in [-0.05, 0) is 63.6 Å². The number of hydrogen-bond donors (Lipinski definition) is 1. The average molecular weight is 370 g/mol. The van der Waals surface area contributed by atoms with Crippen LogP contribution in [0.25, 0.3) is 0 Å². The van der Waals surface area contributed by atoms with Gasteiger partial charge in [-0.2, -0.15) is 13.2 Å². The van der Waals surface area contributed by atoms with E-state index in [4.69, 9.17) is 0 Å². The molecule has 0 aromatic heterocycles. The summed E-state index contributed by atoms with van der Waals surface area (Å²) in [6, 6.07) is 5.79. The van der Waals surface area contributed by atoms with Crippen molar-refractivity contribution < 1.29 is 18.0 Å². The van der Waals surface area contributed by atoms with Gasteiger partial charge in [0.15, 0.2) is 0 Å². The zero-order chi connectivity index (χ0) is 19.2. The first-order valence-corrected chi connectivity index (χ1v) is 9.42. The number of carbonyl (C=O) groups excluding carboxylic acids is 1. The van der Waals surface area contributed by atoms with Gasteiger partial charge in [0.05, 0.1) is 5.56 Å². The fraction of sp³-hybridized carbons (Fsp3) is 0.650. The summed E-state index contributed by atoms with van der Waals surface area (Å²) in [4.78, 5) is 14.1. The van der Waals surface area contributed by atoms with Crippen molar-refractivity contribution in [1.82, 2.24) is 10.2 Å². The van der Waals surface area contributed by atoms with Crippen LogP contribution in [0.2, 0.25) is 0 Å². The zero-order valence-corrected chi connectivity index (χ0v) is 15.6. The summed E-state index contributed by atoms with van der Waals surface area (Å²) in [6.07, 6.45) is -0.0499. The number of piperidine rings is 1. The highest BCUT2D eigenvalue weighted by molar-refractivity contribution is 5.76. The Hall–Kier alpha value is -1.56. The number of carbonyl (C=O) groups is 1. The van der Waals surface area contributed by atoms with Crippen LogP contribution in [0.1, 0.15) is 50.7 Å². The molecule has 1 fully saturated rings. The molecule has 1 heterocycles. The van der Waals surface area contributed by atoms with E-state index >= 15 is 0 Å². The van der Waals surface area contributed by atoms with Crippen LogP contribution in [0.3, 0.4) is 0 Å². The minimum absolute atomic E-state index is 0.0751. The van der Waals surface area contributed by atoms with Gasteiger partial charge in [0, 0.05) is 25.6 Å². The summed E-state index contributed by atoms with van der Waals surface area (Å²) in [7, 11) is 0. The Morgan fingerprint density at radius 3 is 2.81 bits per heavy atom. The van der Waals surface area contributed by atoms with E-state index in [9.17, 15) is 18.0 Å². The van der Waals surface area contributed by atoms with Crippen LogP contribution >= 0.6 is 0 Å². The summed E-state index contributed by atoms with van der Waals surface area (Å²) in [5, 5.41) is 2.90. The maximum Gasteiger partial charge on any atom is 0.416 e. The predicted molar refractivity (Wildman–Crippen MR) is 96.8 cm³/mol. The van der Waals surface area contributed by atoms with Crippen molar-refractivity contribution in [2.45, 2.75) is 58.2 Å². The van der Waals surface area contributed by atoms with E-state index in [2.05, 4.69) is 10.2 Å². The van der Waals surface area contributed by atoms with Crippen LogP contribution in [0.4, 0.5) is 13.2 Å².